The minimum Gasteiger partial charge on any atom is -0.497 e. The molecule has 2 aromatic carbocycles. The van der Waals surface area contributed by atoms with Gasteiger partial charge in [0.2, 0.25) is 0 Å². The average molecular weight is 394 g/mol. The summed E-state index contributed by atoms with van der Waals surface area (Å²) in [4.78, 5) is 16.9. The van der Waals surface area contributed by atoms with Gasteiger partial charge in [-0.05, 0) is 47.9 Å². The van der Waals surface area contributed by atoms with Gasteiger partial charge >= 0.3 is 0 Å². The van der Waals surface area contributed by atoms with E-state index in [4.69, 9.17) is 4.74 Å². The van der Waals surface area contributed by atoms with Crippen LogP contribution in [0.5, 0.6) is 5.75 Å². The van der Waals surface area contributed by atoms with Crippen LogP contribution in [-0.4, -0.2) is 27.6 Å². The van der Waals surface area contributed by atoms with Gasteiger partial charge in [-0.2, -0.15) is 0 Å². The highest BCUT2D eigenvalue weighted by atomic mass is 32.1. The van der Waals surface area contributed by atoms with Crippen molar-refractivity contribution in [1.82, 2.24) is 14.6 Å². The molecule has 134 valence electrons. The van der Waals surface area contributed by atoms with E-state index in [1.807, 2.05) is 53.9 Å². The number of hydrogen-bond donors (Lipinski definition) is 1. The van der Waals surface area contributed by atoms with Crippen molar-refractivity contribution in [2.75, 3.05) is 12.4 Å². The van der Waals surface area contributed by atoms with Crippen LogP contribution < -0.4 is 10.1 Å². The number of methoxy groups -OCH3 is 1. The number of aromatic nitrogens is 3. The predicted octanol–water partition coefficient (Wildman–Crippen LogP) is 4.59. The van der Waals surface area contributed by atoms with Crippen LogP contribution in [-0.2, 0) is 0 Å². The first-order valence-corrected chi connectivity index (χ1v) is 9.73. The normalized spacial score (nSPS) is 10.6. The molecule has 0 aliphatic rings. The van der Waals surface area contributed by atoms with E-state index in [0.717, 1.165) is 27.6 Å². The molecule has 27 heavy (non-hydrogen) atoms. The zero-order valence-electron chi connectivity index (χ0n) is 14.2. The van der Waals surface area contributed by atoms with Crippen molar-refractivity contribution in [3.8, 4) is 27.6 Å². The topological polar surface area (TPSA) is 77.0 Å². The SMILES string of the molecule is COc1ccc(-c2nc(C(=O)Nc3ccc(-c4csnn4)cc3)cs2)cc1. The third-order valence-electron chi connectivity index (χ3n) is 3.87. The molecule has 4 aromatic rings. The minimum absolute atomic E-state index is 0.242. The fraction of sp³-hybridized carbons (Fsp3) is 0.0526. The van der Waals surface area contributed by atoms with Crippen molar-refractivity contribution in [3.05, 3.63) is 65.0 Å². The second-order valence-electron chi connectivity index (χ2n) is 5.59. The van der Waals surface area contributed by atoms with Gasteiger partial charge in [-0.3, -0.25) is 4.79 Å². The fourth-order valence-electron chi connectivity index (χ4n) is 2.45. The van der Waals surface area contributed by atoms with Gasteiger partial charge in [0.15, 0.2) is 0 Å². The average Bonchev–Trinajstić information content (AvgIpc) is 3.41. The molecule has 0 saturated carbocycles. The summed E-state index contributed by atoms with van der Waals surface area (Å²) in [5.74, 6) is 0.541. The van der Waals surface area contributed by atoms with E-state index in [1.165, 1.54) is 22.9 Å². The first kappa shape index (κ1) is 17.3. The number of ether oxygens (including phenoxy) is 1. The Balaban J connectivity index is 1.46. The maximum absolute atomic E-state index is 12.5. The van der Waals surface area contributed by atoms with E-state index in [1.54, 1.807) is 12.5 Å². The first-order valence-electron chi connectivity index (χ1n) is 8.02. The van der Waals surface area contributed by atoms with Gasteiger partial charge in [0, 0.05) is 27.6 Å². The lowest BCUT2D eigenvalue weighted by Crippen LogP contribution is -2.12. The largest absolute Gasteiger partial charge is 0.497 e. The van der Waals surface area contributed by atoms with Crippen molar-refractivity contribution in [3.63, 3.8) is 0 Å². The second kappa shape index (κ2) is 7.65. The molecule has 0 radical (unpaired) electrons. The molecule has 8 heteroatoms. The number of nitrogens with one attached hydrogen (secondary N) is 1. The van der Waals surface area contributed by atoms with Crippen molar-refractivity contribution in [2.24, 2.45) is 0 Å². The Morgan fingerprint density at radius 2 is 1.74 bits per heavy atom. The van der Waals surface area contributed by atoms with E-state index in [0.29, 0.717) is 11.4 Å². The number of carbonyl (C=O) groups is 1. The lowest BCUT2D eigenvalue weighted by Gasteiger charge is -2.04. The number of nitrogens with zero attached hydrogens (tertiary/aromatic N) is 3. The Labute approximate surface area is 163 Å². The summed E-state index contributed by atoms with van der Waals surface area (Å²) in [6.07, 6.45) is 0. The van der Waals surface area contributed by atoms with Crippen LogP contribution in [0.4, 0.5) is 5.69 Å². The van der Waals surface area contributed by atoms with Crippen LogP contribution in [0.25, 0.3) is 21.8 Å². The van der Waals surface area contributed by atoms with Crippen LogP contribution >= 0.6 is 22.9 Å². The molecule has 0 spiro atoms. The van der Waals surface area contributed by atoms with Crippen LogP contribution in [0, 0.1) is 0 Å². The Morgan fingerprint density at radius 3 is 2.41 bits per heavy atom. The molecule has 0 unspecified atom stereocenters. The van der Waals surface area contributed by atoms with Crippen molar-refractivity contribution >= 4 is 34.5 Å². The maximum atomic E-state index is 12.5. The van der Waals surface area contributed by atoms with Crippen LogP contribution in [0.2, 0.25) is 0 Å². The second-order valence-corrected chi connectivity index (χ2v) is 7.06. The fourth-order valence-corrected chi connectivity index (χ4v) is 3.73. The summed E-state index contributed by atoms with van der Waals surface area (Å²) in [6.45, 7) is 0. The van der Waals surface area contributed by atoms with Crippen molar-refractivity contribution in [2.45, 2.75) is 0 Å². The van der Waals surface area contributed by atoms with E-state index in [9.17, 15) is 4.79 Å². The highest BCUT2D eigenvalue weighted by Gasteiger charge is 2.12. The first-order chi connectivity index (χ1) is 13.2. The van der Waals surface area contributed by atoms with Crippen LogP contribution in [0.1, 0.15) is 10.5 Å². The van der Waals surface area contributed by atoms with Gasteiger partial charge in [0.1, 0.15) is 22.1 Å². The smallest absolute Gasteiger partial charge is 0.275 e. The van der Waals surface area contributed by atoms with E-state index in [-0.39, 0.29) is 5.91 Å². The summed E-state index contributed by atoms with van der Waals surface area (Å²) < 4.78 is 9.01. The predicted molar refractivity (Wildman–Crippen MR) is 107 cm³/mol. The zero-order chi connectivity index (χ0) is 18.6. The standard InChI is InChI=1S/C19H14N4O2S2/c1-25-15-8-4-13(5-9-15)19-21-17(10-26-19)18(24)20-14-6-2-12(3-7-14)16-11-27-23-22-16/h2-11H,1H3,(H,20,24). The number of amides is 1. The molecule has 2 aromatic heterocycles. The molecule has 1 N–H and O–H groups in total. The molecular weight excluding hydrogens is 380 g/mol. The number of thiazole rings is 1. The molecule has 4 rings (SSSR count). The summed E-state index contributed by atoms with van der Waals surface area (Å²) in [5.41, 5.74) is 3.81. The van der Waals surface area contributed by atoms with Gasteiger partial charge in [0.25, 0.3) is 5.91 Å². The van der Waals surface area contributed by atoms with E-state index < -0.39 is 0 Å². The molecule has 0 atom stereocenters. The van der Waals surface area contributed by atoms with Gasteiger partial charge in [-0.1, -0.05) is 16.6 Å². The van der Waals surface area contributed by atoms with Crippen LogP contribution in [0.3, 0.4) is 0 Å². The Hall–Kier alpha value is -3.10. The summed E-state index contributed by atoms with van der Waals surface area (Å²) in [5, 5.41) is 11.3. The summed E-state index contributed by atoms with van der Waals surface area (Å²) in [7, 11) is 1.63. The quantitative estimate of drug-likeness (QED) is 0.536. The Kier molecular flexibility index (Phi) is 4.91. The third-order valence-corrected chi connectivity index (χ3v) is 5.27. The molecule has 1 amide bonds. The van der Waals surface area contributed by atoms with Gasteiger partial charge < -0.3 is 10.1 Å². The minimum atomic E-state index is -0.242. The lowest BCUT2D eigenvalue weighted by molar-refractivity contribution is 0.102. The van der Waals surface area contributed by atoms with Crippen LogP contribution in [0.15, 0.2) is 59.3 Å². The lowest BCUT2D eigenvalue weighted by atomic mass is 10.1. The number of hydrogen-bond acceptors (Lipinski definition) is 7. The number of carbonyl (C=O) groups excluding carboxylic acids is 1. The van der Waals surface area contributed by atoms with Gasteiger partial charge in [-0.15, -0.1) is 16.4 Å². The van der Waals surface area contributed by atoms with Crippen molar-refractivity contribution in [1.29, 1.82) is 0 Å². The Morgan fingerprint density at radius 1 is 1.00 bits per heavy atom. The highest BCUT2D eigenvalue weighted by Crippen LogP contribution is 2.26. The summed E-state index contributed by atoms with van der Waals surface area (Å²) in [6, 6.07) is 15.1. The number of benzene rings is 2. The third kappa shape index (κ3) is 3.86. The highest BCUT2D eigenvalue weighted by molar-refractivity contribution is 7.13. The van der Waals surface area contributed by atoms with E-state index in [2.05, 4.69) is 19.9 Å². The molecule has 0 saturated heterocycles. The number of anilines is 1. The number of rotatable bonds is 5. The van der Waals surface area contributed by atoms with E-state index >= 15 is 0 Å². The molecule has 0 fully saturated rings. The molecule has 0 aliphatic heterocycles. The molecule has 0 bridgehead atoms. The Bertz CT molecular complexity index is 1040. The van der Waals surface area contributed by atoms with Gasteiger partial charge in [-0.25, -0.2) is 4.98 Å². The summed E-state index contributed by atoms with van der Waals surface area (Å²) >= 11 is 2.73. The monoisotopic (exact) mass is 394 g/mol. The molecule has 0 aliphatic carbocycles. The molecular formula is C19H14N4O2S2. The zero-order valence-corrected chi connectivity index (χ0v) is 15.9. The molecule has 6 nitrogen and oxygen atoms in total. The molecule has 2 heterocycles. The van der Waals surface area contributed by atoms with Crippen molar-refractivity contribution < 1.29 is 9.53 Å². The maximum Gasteiger partial charge on any atom is 0.275 e. The van der Waals surface area contributed by atoms with Gasteiger partial charge in [0.05, 0.1) is 7.11 Å².